The number of hydrogen-bond acceptors (Lipinski definition) is 0. The lowest BCUT2D eigenvalue weighted by Crippen LogP contribution is -2.35. The average molecular weight is 420 g/mol. The quantitative estimate of drug-likeness (QED) is 0.302. The van der Waals surface area contributed by atoms with Crippen LogP contribution in [0.25, 0.3) is 33.2 Å². The van der Waals surface area contributed by atoms with E-state index < -0.39 is 0 Å². The van der Waals surface area contributed by atoms with Gasteiger partial charge in [-0.15, -0.1) is 0 Å². The van der Waals surface area contributed by atoms with Crippen molar-refractivity contribution in [2.75, 3.05) is 0 Å². The second-order valence-electron chi connectivity index (χ2n) is 10.1. The molecule has 0 radical (unpaired) electrons. The molecule has 0 aliphatic heterocycles. The minimum atomic E-state index is 0.666. The van der Waals surface area contributed by atoms with Gasteiger partial charge >= 0.3 is 0 Å². The normalized spacial score (nSPS) is 22.5. The third-order valence-corrected chi connectivity index (χ3v) is 8.21. The maximum absolute atomic E-state index is 8.94. The smallest absolute Gasteiger partial charge is 0.198 e. The number of aromatic nitrogens is 1. The molecule has 2 aliphatic rings. The van der Waals surface area contributed by atoms with Gasteiger partial charge in [0.05, 0.1) is 6.76 Å². The van der Waals surface area contributed by atoms with Gasteiger partial charge < -0.3 is 0 Å². The maximum atomic E-state index is 8.94. The van der Waals surface area contributed by atoms with Gasteiger partial charge in [-0.2, -0.15) is 4.57 Å². The molecule has 0 N–H and O–H groups in total. The summed E-state index contributed by atoms with van der Waals surface area (Å²) in [5.74, 6) is 2.48. The van der Waals surface area contributed by atoms with E-state index in [2.05, 4.69) is 92.2 Å². The Bertz CT molecular complexity index is 1370. The molecule has 2 aliphatic carbocycles. The molecule has 32 heavy (non-hydrogen) atoms. The zero-order valence-electron chi connectivity index (χ0n) is 20.4. The van der Waals surface area contributed by atoms with E-state index >= 15 is 0 Å². The number of nitrogens with zero attached hydrogens (tertiary/aromatic N) is 1. The van der Waals surface area contributed by atoms with E-state index in [1.54, 1.807) is 0 Å². The van der Waals surface area contributed by atoms with Gasteiger partial charge in [0, 0.05) is 18.5 Å². The van der Waals surface area contributed by atoms with Gasteiger partial charge in [0.1, 0.15) is 7.05 Å². The zero-order valence-corrected chi connectivity index (χ0v) is 19.4. The van der Waals surface area contributed by atoms with Crippen LogP contribution in [0.5, 0.6) is 0 Å². The number of benzene rings is 3. The summed E-state index contributed by atoms with van der Waals surface area (Å²) in [4.78, 5) is 0. The van der Waals surface area contributed by atoms with Gasteiger partial charge in [0.15, 0.2) is 5.69 Å². The summed E-state index contributed by atoms with van der Waals surface area (Å²) in [6.45, 7) is 4.30. The van der Waals surface area contributed by atoms with Crippen molar-refractivity contribution in [1.82, 2.24) is 0 Å². The van der Waals surface area contributed by atoms with Crippen LogP contribution in [0.4, 0.5) is 0 Å². The van der Waals surface area contributed by atoms with Crippen LogP contribution in [0.2, 0.25) is 0 Å². The summed E-state index contributed by atoms with van der Waals surface area (Å²) in [6, 6.07) is 25.1. The first-order valence-electron chi connectivity index (χ1n) is 12.6. The molecule has 2 bridgehead atoms. The van der Waals surface area contributed by atoms with Crippen LogP contribution in [-0.4, -0.2) is 0 Å². The van der Waals surface area contributed by atoms with Crippen molar-refractivity contribution in [2.45, 2.75) is 45.4 Å². The van der Waals surface area contributed by atoms with E-state index in [1.165, 1.54) is 64.6 Å². The van der Waals surface area contributed by atoms with Gasteiger partial charge in [-0.05, 0) is 83.7 Å². The molecule has 2 fully saturated rings. The largest absolute Gasteiger partial charge is 0.220 e. The van der Waals surface area contributed by atoms with E-state index in [1.807, 2.05) is 0 Å². The molecule has 3 aromatic carbocycles. The van der Waals surface area contributed by atoms with Gasteiger partial charge in [-0.3, -0.25) is 0 Å². The molecule has 6 rings (SSSR count). The molecule has 160 valence electrons. The molecule has 4 aromatic rings. The summed E-state index contributed by atoms with van der Waals surface area (Å²) in [5, 5.41) is 2.29. The molecule has 3 atom stereocenters. The Morgan fingerprint density at radius 1 is 0.875 bits per heavy atom. The van der Waals surface area contributed by atoms with Crippen LogP contribution in [0, 0.1) is 25.7 Å². The third kappa shape index (κ3) is 3.18. The molecule has 0 spiro atoms. The van der Waals surface area contributed by atoms with Crippen LogP contribution in [-0.2, 0) is 7.05 Å². The topological polar surface area (TPSA) is 3.88 Å². The number of pyridine rings is 1. The molecular weight excluding hydrogens is 386 g/mol. The average Bonchev–Trinajstić information content (AvgIpc) is 3.48. The van der Waals surface area contributed by atoms with Crippen molar-refractivity contribution in [3.8, 4) is 22.4 Å². The highest BCUT2D eigenvalue weighted by Crippen LogP contribution is 2.53. The van der Waals surface area contributed by atoms with Crippen molar-refractivity contribution in [1.29, 1.82) is 0 Å². The summed E-state index contributed by atoms with van der Waals surface area (Å²) < 4.78 is 11.2. The lowest BCUT2D eigenvalue weighted by Gasteiger charge is -2.22. The molecule has 1 heteroatoms. The Hall–Kier alpha value is -2.93. The van der Waals surface area contributed by atoms with Crippen LogP contribution in [0.15, 0.2) is 72.8 Å². The Balaban J connectivity index is 1.50. The van der Waals surface area contributed by atoms with Crippen molar-refractivity contribution < 1.29 is 5.94 Å². The first-order chi connectivity index (χ1) is 16.0. The highest BCUT2D eigenvalue weighted by atomic mass is 14.9. The second-order valence-corrected chi connectivity index (χ2v) is 10.1. The van der Waals surface area contributed by atoms with Gasteiger partial charge in [0.25, 0.3) is 0 Å². The fourth-order valence-electron chi connectivity index (χ4n) is 6.45. The van der Waals surface area contributed by atoms with Crippen molar-refractivity contribution in [2.24, 2.45) is 18.9 Å². The minimum Gasteiger partial charge on any atom is -0.198 e. The predicted octanol–water partition coefficient (Wildman–Crippen LogP) is 7.52. The fraction of sp³-hybridized carbons (Fsp3) is 0.323. The summed E-state index contributed by atoms with van der Waals surface area (Å²) >= 11 is 0. The summed E-state index contributed by atoms with van der Waals surface area (Å²) in [7, 11) is 2.11. The molecule has 2 saturated carbocycles. The van der Waals surface area contributed by atoms with Gasteiger partial charge in [-0.25, -0.2) is 0 Å². The Morgan fingerprint density at radius 3 is 2.44 bits per heavy atom. The van der Waals surface area contributed by atoms with E-state index in [4.69, 9.17) is 1.37 Å². The first-order valence-corrected chi connectivity index (χ1v) is 12.1. The monoisotopic (exact) mass is 419 g/mol. The lowest BCUT2D eigenvalue weighted by molar-refractivity contribution is -0.665. The summed E-state index contributed by atoms with van der Waals surface area (Å²) in [5.41, 5.74) is 8.70. The number of hydrogen-bond donors (Lipinski definition) is 0. The van der Waals surface area contributed by atoms with Crippen LogP contribution < -0.4 is 4.57 Å². The van der Waals surface area contributed by atoms with Crippen molar-refractivity contribution >= 4 is 10.8 Å². The minimum absolute atomic E-state index is 0.666. The zero-order chi connectivity index (χ0) is 22.7. The molecule has 0 amide bonds. The first kappa shape index (κ1) is 18.6. The number of rotatable bonds is 3. The third-order valence-electron chi connectivity index (χ3n) is 8.21. The van der Waals surface area contributed by atoms with Gasteiger partial charge in [-0.1, -0.05) is 61.0 Å². The molecule has 3 unspecified atom stereocenters. The Labute approximate surface area is 193 Å². The van der Waals surface area contributed by atoms with E-state index in [9.17, 15) is 0 Å². The van der Waals surface area contributed by atoms with E-state index in [0.29, 0.717) is 12.0 Å². The number of aryl methyl sites for hydroxylation is 1. The van der Waals surface area contributed by atoms with Crippen molar-refractivity contribution in [3.05, 3.63) is 89.6 Å². The highest BCUT2D eigenvalue weighted by molar-refractivity contribution is 5.94. The predicted molar refractivity (Wildman–Crippen MR) is 134 cm³/mol. The number of fused-ring (bicyclic) bond motifs is 3. The highest BCUT2D eigenvalue weighted by Gasteiger charge is 2.40. The molecular formula is C31H32N+. The molecule has 0 saturated heterocycles. The molecule has 1 nitrogen and oxygen atoms in total. The molecule has 1 heterocycles. The van der Waals surface area contributed by atoms with Crippen LogP contribution >= 0.6 is 0 Å². The molecule has 1 aromatic heterocycles. The van der Waals surface area contributed by atoms with Crippen LogP contribution in [0.3, 0.4) is 0 Å². The van der Waals surface area contributed by atoms with Crippen LogP contribution in [0.1, 0.15) is 49.8 Å². The maximum Gasteiger partial charge on any atom is 0.220 e. The SMILES string of the molecule is [2H]c1c(C)[n+](C)c(-c2ccc(-c3ccccc3)cc2C)c2ccc(C3CC4CCC3C4)cc12. The van der Waals surface area contributed by atoms with E-state index in [0.717, 1.165) is 22.9 Å². The fourth-order valence-corrected chi connectivity index (χ4v) is 6.45. The van der Waals surface area contributed by atoms with Crippen molar-refractivity contribution in [3.63, 3.8) is 0 Å². The Morgan fingerprint density at radius 2 is 1.72 bits per heavy atom. The lowest BCUT2D eigenvalue weighted by atomic mass is 9.82. The van der Waals surface area contributed by atoms with Gasteiger partial charge in [0.2, 0.25) is 5.69 Å². The summed E-state index contributed by atoms with van der Waals surface area (Å²) in [6.07, 6.45) is 5.57. The van der Waals surface area contributed by atoms with E-state index in [-0.39, 0.29) is 0 Å². The second kappa shape index (κ2) is 7.59. The standard InChI is InChI=1S/C31H32N/c1-20-15-24(23-7-5-4-6-8-23)11-13-28(20)31-29-14-12-26(19-27(29)16-21(2)32(31)3)30-18-22-9-10-25(30)17-22/h4-8,11-16,19,22,25,30H,9-10,17-18H2,1-3H3/q+1/i16D. The Kier molecular flexibility index (Phi) is 4.42.